The fourth-order valence-electron chi connectivity index (χ4n) is 5.04. The molecule has 2 saturated carbocycles. The van der Waals surface area contributed by atoms with Gasteiger partial charge in [0.1, 0.15) is 5.75 Å². The van der Waals surface area contributed by atoms with Gasteiger partial charge in [-0.2, -0.15) is 0 Å². The second-order valence-electron chi connectivity index (χ2n) is 8.38. The highest BCUT2D eigenvalue weighted by Crippen LogP contribution is 2.41. The third kappa shape index (κ3) is 4.06. The molecule has 4 nitrogen and oxygen atoms in total. The van der Waals surface area contributed by atoms with Crippen LogP contribution in [0.25, 0.3) is 0 Å². The molecule has 4 heteroatoms. The van der Waals surface area contributed by atoms with Gasteiger partial charge in [-0.1, -0.05) is 25.0 Å². The van der Waals surface area contributed by atoms with Gasteiger partial charge in [0, 0.05) is 6.04 Å². The van der Waals surface area contributed by atoms with Gasteiger partial charge in [-0.05, 0) is 74.6 Å². The Labute approximate surface area is 157 Å². The van der Waals surface area contributed by atoms with Crippen LogP contribution < -0.4 is 10.1 Å². The molecule has 1 amide bonds. The summed E-state index contributed by atoms with van der Waals surface area (Å²) in [6.45, 7) is 1.66. The van der Waals surface area contributed by atoms with E-state index in [1.165, 1.54) is 56.9 Å². The van der Waals surface area contributed by atoms with Crippen LogP contribution in [0.15, 0.2) is 24.3 Å². The molecule has 142 valence electrons. The van der Waals surface area contributed by atoms with Gasteiger partial charge in [-0.25, -0.2) is 0 Å². The zero-order chi connectivity index (χ0) is 17.9. The largest absolute Gasteiger partial charge is 0.497 e. The number of carbonyl (C=O) groups is 1. The van der Waals surface area contributed by atoms with E-state index in [4.69, 9.17) is 4.74 Å². The van der Waals surface area contributed by atoms with Gasteiger partial charge in [-0.15, -0.1) is 0 Å². The number of methoxy groups -OCH3 is 1. The van der Waals surface area contributed by atoms with E-state index in [1.807, 2.05) is 12.1 Å². The molecule has 0 spiro atoms. The number of carbonyl (C=O) groups excluding carboxylic acids is 1. The minimum absolute atomic E-state index is 0.153. The van der Waals surface area contributed by atoms with Crippen molar-refractivity contribution in [3.63, 3.8) is 0 Å². The Morgan fingerprint density at radius 1 is 1.12 bits per heavy atom. The van der Waals surface area contributed by atoms with E-state index in [1.54, 1.807) is 7.11 Å². The van der Waals surface area contributed by atoms with Crippen LogP contribution in [0.3, 0.4) is 0 Å². The molecule has 3 aliphatic rings. The Morgan fingerprint density at radius 2 is 1.85 bits per heavy atom. The van der Waals surface area contributed by atoms with Crippen LogP contribution in [-0.2, 0) is 4.79 Å². The van der Waals surface area contributed by atoms with Crippen LogP contribution in [0.1, 0.15) is 63.0 Å². The van der Waals surface area contributed by atoms with E-state index in [2.05, 4.69) is 22.3 Å². The van der Waals surface area contributed by atoms with Crippen LogP contribution in [0.2, 0.25) is 0 Å². The summed E-state index contributed by atoms with van der Waals surface area (Å²) in [6, 6.07) is 8.98. The normalized spacial score (nSPS) is 27.4. The molecule has 0 unspecified atom stereocenters. The van der Waals surface area contributed by atoms with E-state index in [9.17, 15) is 4.79 Å². The second-order valence-corrected chi connectivity index (χ2v) is 8.38. The summed E-state index contributed by atoms with van der Waals surface area (Å²) in [5.74, 6) is 2.48. The topological polar surface area (TPSA) is 41.6 Å². The van der Waals surface area contributed by atoms with Crippen molar-refractivity contribution in [2.45, 2.75) is 63.5 Å². The third-order valence-corrected chi connectivity index (χ3v) is 6.59. The molecule has 26 heavy (non-hydrogen) atoms. The maximum absolute atomic E-state index is 12.8. The highest BCUT2D eigenvalue weighted by molar-refractivity contribution is 5.78. The minimum atomic E-state index is 0.153. The summed E-state index contributed by atoms with van der Waals surface area (Å²) in [5, 5.41) is 3.35. The molecule has 2 aliphatic carbocycles. The standard InChI is InChI=1S/C22H32N2O2/c1-26-19-12-10-18(11-13-19)22(17-8-9-17)23-21(25)15-24-14-4-6-16-5-2-3-7-20(16)24/h10-13,16-17,20,22H,2-9,14-15H2,1H3,(H,23,25)/t16-,20-,22-/m1/s1. The van der Waals surface area contributed by atoms with Crippen LogP contribution in [-0.4, -0.2) is 37.0 Å². The molecular weight excluding hydrogens is 324 g/mol. The molecule has 3 fully saturated rings. The minimum Gasteiger partial charge on any atom is -0.497 e. The van der Waals surface area contributed by atoms with Crippen molar-refractivity contribution >= 4 is 5.91 Å². The number of amides is 1. The van der Waals surface area contributed by atoms with E-state index < -0.39 is 0 Å². The van der Waals surface area contributed by atoms with Crippen molar-refractivity contribution < 1.29 is 9.53 Å². The molecule has 1 aliphatic heterocycles. The molecule has 1 N–H and O–H groups in total. The zero-order valence-electron chi connectivity index (χ0n) is 16.0. The molecule has 3 atom stereocenters. The Kier molecular flexibility index (Phi) is 5.49. The Balaban J connectivity index is 1.38. The van der Waals surface area contributed by atoms with Gasteiger partial charge < -0.3 is 10.1 Å². The first-order valence-corrected chi connectivity index (χ1v) is 10.4. The maximum Gasteiger partial charge on any atom is 0.234 e. The number of hydrogen-bond donors (Lipinski definition) is 1. The van der Waals surface area contributed by atoms with Gasteiger partial charge in [0.25, 0.3) is 0 Å². The predicted octanol–water partition coefficient (Wildman–Crippen LogP) is 3.92. The first-order chi connectivity index (χ1) is 12.7. The molecule has 1 heterocycles. The first kappa shape index (κ1) is 17.8. The van der Waals surface area contributed by atoms with Gasteiger partial charge in [0.2, 0.25) is 5.91 Å². The van der Waals surface area contributed by atoms with Crippen LogP contribution in [0, 0.1) is 11.8 Å². The third-order valence-electron chi connectivity index (χ3n) is 6.59. The summed E-state index contributed by atoms with van der Waals surface area (Å²) in [4.78, 5) is 15.3. The van der Waals surface area contributed by atoms with Gasteiger partial charge in [-0.3, -0.25) is 9.69 Å². The molecule has 0 bridgehead atoms. The second kappa shape index (κ2) is 7.99. The van der Waals surface area contributed by atoms with Crippen LogP contribution >= 0.6 is 0 Å². The summed E-state index contributed by atoms with van der Waals surface area (Å²) in [6.07, 6.45) is 10.4. The van der Waals surface area contributed by atoms with Gasteiger partial charge in [0.05, 0.1) is 19.7 Å². The van der Waals surface area contributed by atoms with Crippen molar-refractivity contribution in [1.29, 1.82) is 0 Å². The van der Waals surface area contributed by atoms with E-state index in [-0.39, 0.29) is 11.9 Å². The van der Waals surface area contributed by atoms with Crippen molar-refractivity contribution in [2.75, 3.05) is 20.2 Å². The number of fused-ring (bicyclic) bond motifs is 1. The number of nitrogens with one attached hydrogen (secondary N) is 1. The highest BCUT2D eigenvalue weighted by atomic mass is 16.5. The molecule has 4 rings (SSSR count). The number of piperidine rings is 1. The average molecular weight is 357 g/mol. The Hall–Kier alpha value is -1.55. The van der Waals surface area contributed by atoms with E-state index >= 15 is 0 Å². The Morgan fingerprint density at radius 3 is 2.58 bits per heavy atom. The number of nitrogens with zero attached hydrogens (tertiary/aromatic N) is 1. The molecule has 1 aromatic carbocycles. The molecule has 0 radical (unpaired) electrons. The fraction of sp³-hybridized carbons (Fsp3) is 0.682. The SMILES string of the molecule is COc1ccc([C@H](NC(=O)CN2CCC[C@H]3CCCC[C@H]32)C2CC2)cc1. The van der Waals surface area contributed by atoms with E-state index in [0.29, 0.717) is 18.5 Å². The van der Waals surface area contributed by atoms with Crippen LogP contribution in [0.5, 0.6) is 5.75 Å². The lowest BCUT2D eigenvalue weighted by Crippen LogP contribution is -2.50. The smallest absolute Gasteiger partial charge is 0.234 e. The first-order valence-electron chi connectivity index (χ1n) is 10.4. The summed E-state index contributed by atoms with van der Waals surface area (Å²) >= 11 is 0. The van der Waals surface area contributed by atoms with Crippen molar-refractivity contribution in [3.05, 3.63) is 29.8 Å². The summed E-state index contributed by atoms with van der Waals surface area (Å²) in [7, 11) is 1.69. The number of rotatable bonds is 6. The quantitative estimate of drug-likeness (QED) is 0.840. The number of hydrogen-bond acceptors (Lipinski definition) is 3. The van der Waals surface area contributed by atoms with Gasteiger partial charge >= 0.3 is 0 Å². The lowest BCUT2D eigenvalue weighted by atomic mass is 9.78. The number of ether oxygens (including phenoxy) is 1. The van der Waals surface area contributed by atoms with Crippen LogP contribution in [0.4, 0.5) is 0 Å². The lowest BCUT2D eigenvalue weighted by molar-refractivity contribution is -0.124. The molecule has 1 aromatic rings. The summed E-state index contributed by atoms with van der Waals surface area (Å²) in [5.41, 5.74) is 1.20. The molecule has 1 saturated heterocycles. The van der Waals surface area contributed by atoms with Crippen molar-refractivity contribution in [2.24, 2.45) is 11.8 Å². The van der Waals surface area contributed by atoms with Gasteiger partial charge in [0.15, 0.2) is 0 Å². The lowest BCUT2D eigenvalue weighted by Gasteiger charge is -2.44. The van der Waals surface area contributed by atoms with E-state index in [0.717, 1.165) is 18.2 Å². The predicted molar refractivity (Wildman–Crippen MR) is 103 cm³/mol. The number of likely N-dealkylation sites (tertiary alicyclic amines) is 1. The average Bonchev–Trinajstić information content (AvgIpc) is 3.52. The Bertz CT molecular complexity index is 609. The van der Waals surface area contributed by atoms with Crippen molar-refractivity contribution in [3.8, 4) is 5.75 Å². The molecule has 0 aromatic heterocycles. The fourth-order valence-corrected chi connectivity index (χ4v) is 5.04. The van der Waals surface area contributed by atoms with Crippen molar-refractivity contribution in [1.82, 2.24) is 10.2 Å². The zero-order valence-corrected chi connectivity index (χ0v) is 16.0. The maximum atomic E-state index is 12.8. The summed E-state index contributed by atoms with van der Waals surface area (Å²) < 4.78 is 5.26. The monoisotopic (exact) mass is 356 g/mol. The highest BCUT2D eigenvalue weighted by Gasteiger charge is 2.36. The number of benzene rings is 1. The molecular formula is C22H32N2O2.